The fraction of sp³-hybridized carbons (Fsp3) is 0. The third kappa shape index (κ3) is 2.44. The van der Waals surface area contributed by atoms with Crippen LogP contribution in [0.15, 0.2) is 29.2 Å². The van der Waals surface area contributed by atoms with Gasteiger partial charge in [-0.25, -0.2) is 18.4 Å². The molecule has 0 aliphatic carbocycles. The van der Waals surface area contributed by atoms with Gasteiger partial charge in [0.2, 0.25) is 0 Å². The lowest BCUT2D eigenvalue weighted by Gasteiger charge is -2.14. The number of hydrogen-bond donors (Lipinski definition) is 4. The Morgan fingerprint density at radius 2 is 1.77 bits per heavy atom. The predicted molar refractivity (Wildman–Crippen MR) is 86.0 cm³/mol. The molecule has 8 nitrogen and oxygen atoms in total. The Labute approximate surface area is 142 Å². The minimum atomic E-state index is -1.87. The van der Waals surface area contributed by atoms with Crippen molar-refractivity contribution in [2.24, 2.45) is 0 Å². The highest BCUT2D eigenvalue weighted by Gasteiger charge is 2.31. The second-order valence-electron chi connectivity index (χ2n) is 5.22. The standard InChI is InChI=1S/C16H9F2N3O5/c17-6-4-7-5(2-1-3-20-7)12(18)8(6)9-10(15(23)24)13(19)21-14(22)11(9)16(25)26/h1-4H,(H,23,24)(H,25,26)(H3,19,21,22). The average molecular weight is 361 g/mol. The van der Waals surface area contributed by atoms with Gasteiger partial charge in [-0.2, -0.15) is 0 Å². The van der Waals surface area contributed by atoms with Crippen molar-refractivity contribution in [2.75, 3.05) is 5.73 Å². The van der Waals surface area contributed by atoms with E-state index in [1.807, 2.05) is 4.98 Å². The Bertz CT molecular complexity index is 1160. The Kier molecular flexibility index (Phi) is 3.87. The number of halogens is 2. The van der Waals surface area contributed by atoms with E-state index in [1.165, 1.54) is 18.3 Å². The molecule has 0 radical (unpaired) electrons. The first-order chi connectivity index (χ1) is 12.2. The maximum absolute atomic E-state index is 14.9. The van der Waals surface area contributed by atoms with E-state index >= 15 is 0 Å². The van der Waals surface area contributed by atoms with Crippen molar-refractivity contribution < 1.29 is 28.6 Å². The van der Waals surface area contributed by atoms with Crippen LogP contribution in [0.3, 0.4) is 0 Å². The molecule has 2 aromatic heterocycles. The highest BCUT2D eigenvalue weighted by molar-refractivity contribution is 6.08. The number of nitrogens with zero attached hydrogens (tertiary/aromatic N) is 1. The number of aromatic nitrogens is 2. The van der Waals surface area contributed by atoms with Gasteiger partial charge >= 0.3 is 11.9 Å². The van der Waals surface area contributed by atoms with Crippen molar-refractivity contribution in [1.29, 1.82) is 0 Å². The fourth-order valence-electron chi connectivity index (χ4n) is 2.68. The molecule has 0 fully saturated rings. The normalized spacial score (nSPS) is 10.8. The molecule has 0 spiro atoms. The number of rotatable bonds is 3. The van der Waals surface area contributed by atoms with Crippen molar-refractivity contribution in [2.45, 2.75) is 0 Å². The lowest BCUT2D eigenvalue weighted by atomic mass is 9.93. The quantitative estimate of drug-likeness (QED) is 0.556. The number of H-pyrrole nitrogens is 1. The molecule has 26 heavy (non-hydrogen) atoms. The summed E-state index contributed by atoms with van der Waals surface area (Å²) in [4.78, 5) is 40.6. The van der Waals surface area contributed by atoms with E-state index in [-0.39, 0.29) is 10.9 Å². The molecule has 10 heteroatoms. The van der Waals surface area contributed by atoms with Gasteiger partial charge in [0.25, 0.3) is 5.56 Å². The summed E-state index contributed by atoms with van der Waals surface area (Å²) < 4.78 is 29.5. The highest BCUT2D eigenvalue weighted by Crippen LogP contribution is 2.36. The predicted octanol–water partition coefficient (Wildman–Crippen LogP) is 1.85. The maximum Gasteiger partial charge on any atom is 0.342 e. The molecule has 0 atom stereocenters. The van der Waals surface area contributed by atoms with Crippen LogP contribution in [0.1, 0.15) is 20.7 Å². The Balaban J connectivity index is 2.60. The topological polar surface area (TPSA) is 146 Å². The third-order valence-electron chi connectivity index (χ3n) is 3.72. The van der Waals surface area contributed by atoms with Crippen LogP contribution in [0, 0.1) is 11.6 Å². The maximum atomic E-state index is 14.9. The molecule has 0 saturated heterocycles. The fourth-order valence-corrected chi connectivity index (χ4v) is 2.68. The van der Waals surface area contributed by atoms with Gasteiger partial charge in [0.1, 0.15) is 28.6 Å². The van der Waals surface area contributed by atoms with Gasteiger partial charge in [-0.1, -0.05) is 0 Å². The third-order valence-corrected chi connectivity index (χ3v) is 3.72. The smallest absolute Gasteiger partial charge is 0.342 e. The van der Waals surface area contributed by atoms with Gasteiger partial charge in [0.15, 0.2) is 0 Å². The molecule has 1 aromatic carbocycles. The van der Waals surface area contributed by atoms with Crippen molar-refractivity contribution in [3.63, 3.8) is 0 Å². The molecule has 3 aromatic rings. The molecule has 0 amide bonds. The number of nitrogens with two attached hydrogens (primary N) is 1. The molecule has 3 rings (SSSR count). The molecule has 5 N–H and O–H groups in total. The number of aromatic amines is 1. The summed E-state index contributed by atoms with van der Waals surface area (Å²) in [6.45, 7) is 0. The number of fused-ring (bicyclic) bond motifs is 1. The van der Waals surface area contributed by atoms with Crippen molar-refractivity contribution >= 4 is 28.7 Å². The van der Waals surface area contributed by atoms with Crippen LogP contribution in [-0.4, -0.2) is 32.1 Å². The lowest BCUT2D eigenvalue weighted by molar-refractivity contribution is 0.0695. The van der Waals surface area contributed by atoms with E-state index < -0.39 is 57.2 Å². The van der Waals surface area contributed by atoms with Gasteiger partial charge in [-0.3, -0.25) is 9.78 Å². The largest absolute Gasteiger partial charge is 0.478 e. The van der Waals surface area contributed by atoms with E-state index in [2.05, 4.69) is 4.98 Å². The van der Waals surface area contributed by atoms with Gasteiger partial charge in [0, 0.05) is 23.2 Å². The number of anilines is 1. The summed E-state index contributed by atoms with van der Waals surface area (Å²) in [5.74, 6) is -6.91. The van der Waals surface area contributed by atoms with E-state index in [1.54, 1.807) is 0 Å². The summed E-state index contributed by atoms with van der Waals surface area (Å²) in [5.41, 5.74) is 0.0842. The van der Waals surface area contributed by atoms with E-state index in [4.69, 9.17) is 5.73 Å². The van der Waals surface area contributed by atoms with E-state index in [9.17, 15) is 33.4 Å². The lowest BCUT2D eigenvalue weighted by Crippen LogP contribution is -2.24. The number of carboxylic acid groups (broad SMARTS) is 2. The summed E-state index contributed by atoms with van der Waals surface area (Å²) in [5, 5.41) is 18.5. The second-order valence-corrected chi connectivity index (χ2v) is 5.22. The number of carbonyl (C=O) groups is 2. The van der Waals surface area contributed by atoms with E-state index in [0.717, 1.165) is 6.07 Å². The second kappa shape index (κ2) is 5.92. The Morgan fingerprint density at radius 1 is 1.12 bits per heavy atom. The van der Waals surface area contributed by atoms with Crippen LogP contribution in [-0.2, 0) is 0 Å². The minimum absolute atomic E-state index is 0.0715. The number of pyridine rings is 2. The zero-order valence-electron chi connectivity index (χ0n) is 12.7. The van der Waals surface area contributed by atoms with Gasteiger partial charge in [-0.05, 0) is 12.1 Å². The molecule has 132 valence electrons. The van der Waals surface area contributed by atoms with Crippen LogP contribution in [0.5, 0.6) is 0 Å². The summed E-state index contributed by atoms with van der Waals surface area (Å²) >= 11 is 0. The molecular formula is C16H9F2N3O5. The number of nitrogen functional groups attached to an aromatic ring is 1. The molecular weight excluding hydrogens is 352 g/mol. The number of carboxylic acids is 2. The average Bonchev–Trinajstić information content (AvgIpc) is 2.53. The van der Waals surface area contributed by atoms with Gasteiger partial charge in [-0.15, -0.1) is 0 Å². The zero-order chi connectivity index (χ0) is 19.2. The number of aromatic carboxylic acids is 2. The first-order valence-electron chi connectivity index (χ1n) is 6.99. The molecule has 0 aliphatic heterocycles. The molecule has 0 saturated carbocycles. The van der Waals surface area contributed by atoms with Crippen LogP contribution in [0.4, 0.5) is 14.6 Å². The Morgan fingerprint density at radius 3 is 2.38 bits per heavy atom. The number of benzene rings is 1. The van der Waals surface area contributed by atoms with Gasteiger partial charge in [0.05, 0.1) is 11.1 Å². The van der Waals surface area contributed by atoms with Gasteiger partial charge < -0.3 is 20.9 Å². The van der Waals surface area contributed by atoms with Crippen LogP contribution in [0.25, 0.3) is 22.0 Å². The summed E-state index contributed by atoms with van der Waals surface area (Å²) in [6.07, 6.45) is 1.29. The summed E-state index contributed by atoms with van der Waals surface area (Å²) in [6, 6.07) is 3.41. The molecule has 0 aliphatic rings. The molecule has 2 heterocycles. The van der Waals surface area contributed by atoms with Crippen molar-refractivity contribution in [3.8, 4) is 11.1 Å². The van der Waals surface area contributed by atoms with E-state index in [0.29, 0.717) is 0 Å². The van der Waals surface area contributed by atoms with Crippen molar-refractivity contribution in [3.05, 3.63) is 57.5 Å². The SMILES string of the molecule is Nc1[nH]c(=O)c(C(=O)O)c(-c2c(F)cc3ncccc3c2F)c1C(=O)O. The molecule has 0 bridgehead atoms. The minimum Gasteiger partial charge on any atom is -0.478 e. The molecule has 0 unspecified atom stereocenters. The van der Waals surface area contributed by atoms with Crippen molar-refractivity contribution in [1.82, 2.24) is 9.97 Å². The first kappa shape index (κ1) is 17.0. The summed E-state index contributed by atoms with van der Waals surface area (Å²) in [7, 11) is 0. The highest BCUT2D eigenvalue weighted by atomic mass is 19.1. The van der Waals surface area contributed by atoms with Crippen LogP contribution < -0.4 is 11.3 Å². The number of hydrogen-bond acceptors (Lipinski definition) is 5. The monoisotopic (exact) mass is 361 g/mol. The zero-order valence-corrected chi connectivity index (χ0v) is 12.7. The Hall–Kier alpha value is -3.82. The van der Waals surface area contributed by atoms with Crippen LogP contribution >= 0.6 is 0 Å². The first-order valence-corrected chi connectivity index (χ1v) is 6.99. The van der Waals surface area contributed by atoms with Crippen LogP contribution in [0.2, 0.25) is 0 Å². The number of nitrogens with one attached hydrogen (secondary N) is 1.